The molecule has 3 N–H and O–H groups in total. The summed E-state index contributed by atoms with van der Waals surface area (Å²) in [4.78, 5) is 28.8. The Hall–Kier alpha value is -2.19. The first-order chi connectivity index (χ1) is 31.1. The Kier molecular flexibility index (Phi) is 43.3. The molecule has 2 amide bonds. The molecule has 0 aliphatic carbocycles. The van der Waals surface area contributed by atoms with Crippen LogP contribution < -0.4 is 29.7 Å². The third-order valence-corrected chi connectivity index (χ3v) is 12.4. The van der Waals surface area contributed by atoms with Gasteiger partial charge in [0.1, 0.15) is 0 Å². The number of unbranched alkanes of at least 4 members (excludes halogenated alkanes) is 31. The fourth-order valence-electron chi connectivity index (χ4n) is 8.09. The summed E-state index contributed by atoms with van der Waals surface area (Å²) in [7, 11) is 0. The first kappa shape index (κ1) is 58.8. The Morgan fingerprint density at radius 1 is 0.413 bits per heavy atom. The molecule has 0 spiro atoms. The third-order valence-electron chi connectivity index (χ3n) is 12.2. The van der Waals surface area contributed by atoms with Gasteiger partial charge in [-0.3, -0.25) is 9.59 Å². The van der Waals surface area contributed by atoms with Crippen molar-refractivity contribution in [3.05, 3.63) is 17.7 Å². The molecule has 8 nitrogen and oxygen atoms in total. The lowest BCUT2D eigenvalue weighted by Gasteiger charge is -2.19. The Morgan fingerprint density at radius 3 is 1.14 bits per heavy atom. The van der Waals surface area contributed by atoms with Crippen LogP contribution >= 0.6 is 11.8 Å². The zero-order chi connectivity index (χ0) is 45.5. The Labute approximate surface area is 394 Å². The second-order valence-electron chi connectivity index (χ2n) is 18.3. The van der Waals surface area contributed by atoms with E-state index in [4.69, 9.17) is 26.0 Å². The predicted molar refractivity (Wildman–Crippen MR) is 270 cm³/mol. The van der Waals surface area contributed by atoms with Crippen LogP contribution in [0.1, 0.15) is 269 Å². The van der Waals surface area contributed by atoms with Crippen molar-refractivity contribution in [2.75, 3.05) is 39.5 Å². The highest BCUT2D eigenvalue weighted by molar-refractivity contribution is 6.13. The van der Waals surface area contributed by atoms with E-state index in [0.29, 0.717) is 68.6 Å². The number of carbonyl (C=O) groups excluding carboxylic acids is 2. The first-order valence-electron chi connectivity index (χ1n) is 27.0. The number of carbonyl (C=O) groups is 2. The molecule has 1 rings (SSSR count). The van der Waals surface area contributed by atoms with E-state index in [-0.39, 0.29) is 11.8 Å². The highest BCUT2D eigenvalue weighted by Gasteiger charge is 2.19. The summed E-state index contributed by atoms with van der Waals surface area (Å²) in [6.07, 6.45) is 44.3. The maximum absolute atomic E-state index is 13.6. The molecule has 0 atom stereocenters. The average Bonchev–Trinajstić information content (AvgIpc) is 3.29. The van der Waals surface area contributed by atoms with Crippen molar-refractivity contribution in [1.29, 1.82) is 0 Å². The standard InChI is InChI=1S/C54H100ClN3O5/c1-4-7-10-13-16-19-22-25-31-36-44-61-50-47-49(54(60)57-42-39-40-52(59)56-41-34-29-28-30-35-43-58-55)48-51(62-45-37-32-26-23-20-17-14-11-8-5-2)53(50)63-46-38-33-27-24-21-18-15-12-9-6-3/h47-48,58H,4-46H2,1-3H3,(H,56,59)(H,57,60). The van der Waals surface area contributed by atoms with Gasteiger partial charge in [-0.15, -0.1) is 0 Å². The van der Waals surface area contributed by atoms with Crippen LogP contribution in [0.3, 0.4) is 0 Å². The molecule has 0 radical (unpaired) electrons. The van der Waals surface area contributed by atoms with Crippen molar-refractivity contribution >= 4 is 23.6 Å². The number of rotatable bonds is 49. The fourth-order valence-corrected chi connectivity index (χ4v) is 8.22. The average molecular weight is 907 g/mol. The summed E-state index contributed by atoms with van der Waals surface area (Å²) in [5, 5.41) is 6.09. The van der Waals surface area contributed by atoms with Gasteiger partial charge in [0, 0.05) is 31.6 Å². The lowest BCUT2D eigenvalue weighted by atomic mass is 10.1. The first-order valence-corrected chi connectivity index (χ1v) is 27.4. The van der Waals surface area contributed by atoms with Gasteiger partial charge in [-0.25, -0.2) is 4.84 Å². The predicted octanol–water partition coefficient (Wildman–Crippen LogP) is 15.9. The van der Waals surface area contributed by atoms with Crippen molar-refractivity contribution in [3.63, 3.8) is 0 Å². The molecule has 0 aliphatic heterocycles. The number of halogens is 1. The molecule has 1 aromatic rings. The van der Waals surface area contributed by atoms with E-state index in [0.717, 1.165) is 77.2 Å². The number of amides is 2. The highest BCUT2D eigenvalue weighted by atomic mass is 35.5. The van der Waals surface area contributed by atoms with E-state index in [1.54, 1.807) is 0 Å². The monoisotopic (exact) mass is 906 g/mol. The quantitative estimate of drug-likeness (QED) is 0.0445. The van der Waals surface area contributed by atoms with Crippen LogP contribution in [0.5, 0.6) is 17.2 Å². The summed E-state index contributed by atoms with van der Waals surface area (Å²) in [5.74, 6) is 1.67. The molecule has 1 aromatic carbocycles. The minimum absolute atomic E-state index is 0.0322. The van der Waals surface area contributed by atoms with Crippen LogP contribution in [0.15, 0.2) is 12.1 Å². The van der Waals surface area contributed by atoms with Gasteiger partial charge >= 0.3 is 0 Å². The third kappa shape index (κ3) is 36.7. The summed E-state index contributed by atoms with van der Waals surface area (Å²) in [6, 6.07) is 3.68. The van der Waals surface area contributed by atoms with Crippen LogP contribution in [0.4, 0.5) is 0 Å². The smallest absolute Gasteiger partial charge is 0.251 e. The van der Waals surface area contributed by atoms with Crippen molar-refractivity contribution in [3.8, 4) is 17.2 Å². The normalized spacial score (nSPS) is 11.2. The van der Waals surface area contributed by atoms with Crippen LogP contribution in [0, 0.1) is 0 Å². The zero-order valence-electron chi connectivity index (χ0n) is 41.5. The Morgan fingerprint density at radius 2 is 0.746 bits per heavy atom. The molecule has 0 aliphatic rings. The molecule has 9 heteroatoms. The molecule has 0 bridgehead atoms. The van der Waals surface area contributed by atoms with E-state index in [9.17, 15) is 9.59 Å². The minimum atomic E-state index is -0.186. The maximum Gasteiger partial charge on any atom is 0.251 e. The van der Waals surface area contributed by atoms with Gasteiger partial charge in [-0.05, 0) is 62.4 Å². The number of benzene rings is 1. The topological polar surface area (TPSA) is 97.9 Å². The molecule has 0 fully saturated rings. The second-order valence-corrected chi connectivity index (χ2v) is 18.5. The van der Waals surface area contributed by atoms with E-state index >= 15 is 0 Å². The largest absolute Gasteiger partial charge is 0.490 e. The summed E-state index contributed by atoms with van der Waals surface area (Å²) >= 11 is 5.52. The molecule has 0 saturated carbocycles. The van der Waals surface area contributed by atoms with Gasteiger partial charge in [0.15, 0.2) is 11.5 Å². The van der Waals surface area contributed by atoms with Crippen molar-refractivity contribution in [2.45, 2.75) is 258 Å². The number of hydrogen-bond acceptors (Lipinski definition) is 6. The number of ether oxygens (including phenoxy) is 3. The molecule has 0 saturated heterocycles. The van der Waals surface area contributed by atoms with Gasteiger partial charge in [0.25, 0.3) is 5.91 Å². The molecule has 0 heterocycles. The number of nitrogens with one attached hydrogen (secondary N) is 3. The van der Waals surface area contributed by atoms with Gasteiger partial charge in [0.05, 0.1) is 19.8 Å². The van der Waals surface area contributed by atoms with Crippen molar-refractivity contribution in [2.24, 2.45) is 0 Å². The fraction of sp³-hybridized carbons (Fsp3) is 0.852. The van der Waals surface area contributed by atoms with Crippen molar-refractivity contribution < 1.29 is 23.8 Å². The van der Waals surface area contributed by atoms with Crippen LogP contribution in [-0.2, 0) is 4.79 Å². The zero-order valence-corrected chi connectivity index (χ0v) is 42.2. The SMILES string of the molecule is CCCCCCCCCCCCOc1cc(C(=O)NCCCC(=O)NCCCCCCCNCl)cc(OCCCCCCCCCCCC)c1OCCCCCCCCCCCC. The lowest BCUT2D eigenvalue weighted by Crippen LogP contribution is -2.28. The summed E-state index contributed by atoms with van der Waals surface area (Å²) in [5.41, 5.74) is 0.503. The Balaban J connectivity index is 2.88. The van der Waals surface area contributed by atoms with E-state index < -0.39 is 0 Å². The van der Waals surface area contributed by atoms with Crippen LogP contribution in [-0.4, -0.2) is 51.3 Å². The lowest BCUT2D eigenvalue weighted by molar-refractivity contribution is -0.121. The number of hydrogen-bond donors (Lipinski definition) is 3. The summed E-state index contributed by atoms with van der Waals surface area (Å²) in [6.45, 7) is 10.5. The van der Waals surface area contributed by atoms with Crippen molar-refractivity contribution in [1.82, 2.24) is 15.5 Å². The summed E-state index contributed by atoms with van der Waals surface area (Å²) < 4.78 is 19.5. The molecular weight excluding hydrogens is 806 g/mol. The van der Waals surface area contributed by atoms with Gasteiger partial charge in [-0.1, -0.05) is 213 Å². The van der Waals surface area contributed by atoms with E-state index in [1.807, 2.05) is 12.1 Å². The highest BCUT2D eigenvalue weighted by Crippen LogP contribution is 2.40. The molecule has 0 unspecified atom stereocenters. The van der Waals surface area contributed by atoms with Gasteiger partial charge < -0.3 is 24.8 Å². The van der Waals surface area contributed by atoms with E-state index in [2.05, 4.69) is 36.2 Å². The molecule has 63 heavy (non-hydrogen) atoms. The Bertz CT molecular complexity index is 1120. The van der Waals surface area contributed by atoms with Crippen LogP contribution in [0.25, 0.3) is 0 Å². The maximum atomic E-state index is 13.6. The van der Waals surface area contributed by atoms with Gasteiger partial charge in [0.2, 0.25) is 11.7 Å². The van der Waals surface area contributed by atoms with Gasteiger partial charge in [-0.2, -0.15) is 0 Å². The molecule has 368 valence electrons. The van der Waals surface area contributed by atoms with E-state index in [1.165, 1.54) is 154 Å². The minimum Gasteiger partial charge on any atom is -0.490 e. The van der Waals surface area contributed by atoms with Crippen LogP contribution in [0.2, 0.25) is 0 Å². The second kappa shape index (κ2) is 46.3. The molecule has 0 aromatic heterocycles. The molecular formula is C54H100ClN3O5.